The lowest BCUT2D eigenvalue weighted by Gasteiger charge is -2.19. The van der Waals surface area contributed by atoms with E-state index in [1.807, 2.05) is 0 Å². The van der Waals surface area contributed by atoms with Crippen molar-refractivity contribution in [2.75, 3.05) is 37.2 Å². The van der Waals surface area contributed by atoms with Crippen LogP contribution in [0.15, 0.2) is 56.5 Å². The molecule has 18 heteroatoms. The van der Waals surface area contributed by atoms with E-state index in [1.54, 1.807) is 65.1 Å². The van der Waals surface area contributed by atoms with Crippen LogP contribution in [-0.4, -0.2) is 76.3 Å². The van der Waals surface area contributed by atoms with Crippen molar-refractivity contribution < 1.29 is 46.6 Å². The van der Waals surface area contributed by atoms with Gasteiger partial charge in [-0.2, -0.15) is 0 Å². The first kappa shape index (κ1) is 46.4. The van der Waals surface area contributed by atoms with Gasteiger partial charge >= 0.3 is 24.1 Å². The van der Waals surface area contributed by atoms with Crippen molar-refractivity contribution in [2.24, 2.45) is 0 Å². The highest BCUT2D eigenvalue weighted by Crippen LogP contribution is 2.40. The van der Waals surface area contributed by atoms with Gasteiger partial charge in [-0.25, -0.2) is 18.0 Å². The van der Waals surface area contributed by atoms with Crippen LogP contribution in [0, 0.1) is 12.3 Å². The predicted molar refractivity (Wildman–Crippen MR) is 221 cm³/mol. The Morgan fingerprint density at radius 3 is 2.30 bits per heavy atom. The Morgan fingerprint density at radius 1 is 0.912 bits per heavy atom. The molecule has 0 spiro atoms. The van der Waals surface area contributed by atoms with Gasteiger partial charge < -0.3 is 30.2 Å². The monoisotopic (exact) mass is 845 g/mol. The van der Waals surface area contributed by atoms with Crippen molar-refractivity contribution in [3.8, 4) is 11.1 Å². The molecule has 310 valence electrons. The van der Waals surface area contributed by atoms with Crippen LogP contribution in [0.25, 0.3) is 11.1 Å². The second-order valence-corrected chi connectivity index (χ2v) is 17.7. The van der Waals surface area contributed by atoms with E-state index in [0.717, 1.165) is 17.8 Å². The van der Waals surface area contributed by atoms with Crippen LogP contribution in [0.2, 0.25) is 0 Å². The van der Waals surface area contributed by atoms with Crippen LogP contribution in [0.4, 0.5) is 21.0 Å². The zero-order valence-corrected chi connectivity index (χ0v) is 35.7. The number of esters is 2. The summed E-state index contributed by atoms with van der Waals surface area (Å²) in [6, 6.07) is 10.4. The van der Waals surface area contributed by atoms with Crippen molar-refractivity contribution >= 4 is 80.1 Å². The first-order chi connectivity index (χ1) is 26.9. The number of carbonyl (C=O) groups excluding carboxylic acids is 5. The van der Waals surface area contributed by atoms with Gasteiger partial charge in [-0.3, -0.25) is 25.1 Å². The molecule has 0 radical (unpaired) electrons. The van der Waals surface area contributed by atoms with Crippen LogP contribution >= 0.6 is 23.1 Å². The van der Waals surface area contributed by atoms with Gasteiger partial charge in [0.05, 0.1) is 38.3 Å². The molecule has 15 nitrogen and oxygen atoms in total. The molecule has 0 saturated heterocycles. The molecule has 0 aliphatic heterocycles. The minimum Gasteiger partial charge on any atom is -0.469 e. The number of thiophene rings is 1. The van der Waals surface area contributed by atoms with Gasteiger partial charge in [-0.05, 0) is 95.5 Å². The molecular formula is C39H51N5O10S3. The minimum atomic E-state index is -4.17. The van der Waals surface area contributed by atoms with Gasteiger partial charge in [-0.1, -0.05) is 24.6 Å². The summed E-state index contributed by atoms with van der Waals surface area (Å²) in [6.45, 7) is 9.21. The lowest BCUT2D eigenvalue weighted by molar-refractivity contribution is -0.143. The Morgan fingerprint density at radius 2 is 1.63 bits per heavy atom. The fraction of sp³-hybridized carbons (Fsp3) is 0.436. The third-order valence-corrected chi connectivity index (χ3v) is 12.4. The standard InChI is InChI=1S/C39H51N5O10S3/c1-8-53-33(47)17-10-9-11-21-41-37(48)42-28-20-19-27(34(24(28)2)43-31(45)16-13-18-32(46)52-6)25-14-12-15-26(22-25)57(50,51)30-23-29(56-36(30)55-7)35(40)44-38(49)54-39(3,4)5/h12,14-15,19-20,22-23H,8-11,13,16-18,21H2,1-7H3,(H,43,45)(H2,40,44,49)(H2,41,42,48). The first-order valence-electron chi connectivity index (χ1n) is 18.2. The number of sulfone groups is 1. The highest BCUT2D eigenvalue weighted by molar-refractivity contribution is 8.01. The van der Waals surface area contributed by atoms with Gasteiger partial charge in [0, 0.05) is 37.1 Å². The molecule has 3 rings (SSSR count). The Balaban J connectivity index is 1.91. The molecule has 1 heterocycles. The summed E-state index contributed by atoms with van der Waals surface area (Å²) in [6.07, 6.45) is 3.44. The summed E-state index contributed by atoms with van der Waals surface area (Å²) < 4.78 is 43.6. The molecule has 0 unspecified atom stereocenters. The molecule has 2 aromatic carbocycles. The molecule has 0 fully saturated rings. The van der Waals surface area contributed by atoms with Crippen LogP contribution in [0.5, 0.6) is 0 Å². The lowest BCUT2D eigenvalue weighted by Crippen LogP contribution is -2.36. The number of ether oxygens (including phenoxy) is 3. The first-order valence-corrected chi connectivity index (χ1v) is 21.8. The van der Waals surface area contributed by atoms with Crippen molar-refractivity contribution in [2.45, 2.75) is 99.2 Å². The van der Waals surface area contributed by atoms with E-state index < -0.39 is 39.4 Å². The maximum Gasteiger partial charge on any atom is 0.413 e. The zero-order valence-electron chi connectivity index (χ0n) is 33.2. The van der Waals surface area contributed by atoms with Crippen LogP contribution in [0.1, 0.15) is 83.1 Å². The second kappa shape index (κ2) is 21.5. The summed E-state index contributed by atoms with van der Waals surface area (Å²) >= 11 is 2.23. The number of hydrogen-bond donors (Lipinski definition) is 5. The Kier molecular flexibility index (Phi) is 17.6. The molecule has 0 atom stereocenters. The zero-order chi connectivity index (χ0) is 42.3. The number of hydrogen-bond acceptors (Lipinski definition) is 13. The number of thioether (sulfide) groups is 1. The van der Waals surface area contributed by atoms with Crippen molar-refractivity contribution in [1.29, 1.82) is 5.41 Å². The molecule has 4 amide bonds. The van der Waals surface area contributed by atoms with Crippen LogP contribution in [0.3, 0.4) is 0 Å². The van der Waals surface area contributed by atoms with Crippen molar-refractivity contribution in [1.82, 2.24) is 10.6 Å². The smallest absolute Gasteiger partial charge is 0.413 e. The van der Waals surface area contributed by atoms with Crippen molar-refractivity contribution in [3.05, 3.63) is 52.9 Å². The van der Waals surface area contributed by atoms with Crippen LogP contribution < -0.4 is 21.3 Å². The molecule has 5 N–H and O–H groups in total. The fourth-order valence-electron chi connectivity index (χ4n) is 5.35. The number of urea groups is 1. The van der Waals surface area contributed by atoms with Gasteiger partial charge in [0.2, 0.25) is 15.7 Å². The highest BCUT2D eigenvalue weighted by Gasteiger charge is 2.27. The van der Waals surface area contributed by atoms with Gasteiger partial charge in [0.1, 0.15) is 11.4 Å². The molecule has 3 aromatic rings. The number of nitrogens with one attached hydrogen (secondary N) is 5. The summed E-state index contributed by atoms with van der Waals surface area (Å²) in [4.78, 5) is 61.7. The van der Waals surface area contributed by atoms with E-state index in [4.69, 9.17) is 14.9 Å². The average Bonchev–Trinajstić information content (AvgIpc) is 3.60. The van der Waals surface area contributed by atoms with E-state index >= 15 is 0 Å². The van der Waals surface area contributed by atoms with E-state index in [2.05, 4.69) is 26.0 Å². The quantitative estimate of drug-likeness (QED) is 0.0209. The van der Waals surface area contributed by atoms with Crippen LogP contribution in [-0.2, 0) is 38.4 Å². The van der Waals surface area contributed by atoms with E-state index in [1.165, 1.54) is 37.1 Å². The van der Waals surface area contributed by atoms with Gasteiger partial charge in [0.15, 0.2) is 0 Å². The third-order valence-electron chi connectivity index (χ3n) is 8.11. The average molecular weight is 846 g/mol. The summed E-state index contributed by atoms with van der Waals surface area (Å²) in [5.74, 6) is -1.42. The molecule has 1 aromatic heterocycles. The molecule has 0 aliphatic rings. The summed E-state index contributed by atoms with van der Waals surface area (Å²) in [5, 5.41) is 19.3. The number of anilines is 2. The minimum absolute atomic E-state index is 0.00749. The Hall–Kier alpha value is -4.94. The third kappa shape index (κ3) is 14.2. The number of rotatable bonds is 18. The largest absolute Gasteiger partial charge is 0.469 e. The molecule has 0 aliphatic carbocycles. The number of methoxy groups -OCH3 is 1. The highest BCUT2D eigenvalue weighted by atomic mass is 32.2. The normalized spacial score (nSPS) is 11.3. The predicted octanol–water partition coefficient (Wildman–Crippen LogP) is 7.66. The van der Waals surface area contributed by atoms with Gasteiger partial charge in [0.25, 0.3) is 0 Å². The Bertz CT molecular complexity index is 2060. The number of amides is 4. The maximum absolute atomic E-state index is 14.2. The summed E-state index contributed by atoms with van der Waals surface area (Å²) in [5.41, 5.74) is 1.34. The SMILES string of the molecule is CCOC(=O)CCCCCNC(=O)Nc1ccc(-c2cccc(S(=O)(=O)c3cc(C(=N)NC(=O)OC(C)(C)C)sc3SC)c2)c(NC(=O)CCCC(=O)OC)c1C. The summed E-state index contributed by atoms with van der Waals surface area (Å²) in [7, 11) is -2.90. The maximum atomic E-state index is 14.2. The molecule has 57 heavy (non-hydrogen) atoms. The number of unbranched alkanes of at least 4 members (excludes halogenated alkanes) is 2. The Labute approximate surface area is 341 Å². The molecular weight excluding hydrogens is 795 g/mol. The van der Waals surface area contributed by atoms with E-state index in [9.17, 15) is 32.4 Å². The number of alkyl carbamates (subject to hydrolysis) is 1. The lowest BCUT2D eigenvalue weighted by atomic mass is 9.98. The van der Waals surface area contributed by atoms with E-state index in [-0.39, 0.29) is 45.7 Å². The fourth-order valence-corrected chi connectivity index (χ4v) is 9.30. The second-order valence-electron chi connectivity index (χ2n) is 13.6. The van der Waals surface area contributed by atoms with Gasteiger partial charge in [-0.15, -0.1) is 23.1 Å². The van der Waals surface area contributed by atoms with E-state index in [0.29, 0.717) is 64.7 Å². The molecule has 0 saturated carbocycles. The topological polar surface area (TPSA) is 219 Å². The number of amidine groups is 1. The molecule has 0 bridgehead atoms. The number of benzene rings is 2. The van der Waals surface area contributed by atoms with Crippen molar-refractivity contribution in [3.63, 3.8) is 0 Å². The number of carbonyl (C=O) groups is 5.